The summed E-state index contributed by atoms with van der Waals surface area (Å²) < 4.78 is 5.08. The Hall–Kier alpha value is -2.37. The molecule has 0 saturated carbocycles. The number of amides is 1. The number of carbonyl (C=O) groups is 1. The molecular weight excluding hydrogens is 220 g/mol. The van der Waals surface area contributed by atoms with Gasteiger partial charge in [-0.1, -0.05) is 0 Å². The summed E-state index contributed by atoms with van der Waals surface area (Å²) in [6.45, 7) is 0.941. The van der Waals surface area contributed by atoms with Gasteiger partial charge in [-0.05, 0) is 12.1 Å². The van der Waals surface area contributed by atoms with Crippen molar-refractivity contribution in [3.8, 4) is 0 Å². The maximum atomic E-state index is 12.0. The molecule has 0 atom stereocenters. The summed E-state index contributed by atoms with van der Waals surface area (Å²) in [7, 11) is 0. The maximum absolute atomic E-state index is 12.0. The van der Waals surface area contributed by atoms with Crippen LogP contribution in [0, 0.1) is 0 Å². The molecule has 3 rings (SSSR count). The molecule has 6 nitrogen and oxygen atoms in total. The summed E-state index contributed by atoms with van der Waals surface area (Å²) in [4.78, 5) is 21.7. The highest BCUT2D eigenvalue weighted by Gasteiger charge is 2.27. The van der Waals surface area contributed by atoms with Crippen molar-refractivity contribution in [2.45, 2.75) is 13.1 Å². The molecule has 6 heteroatoms. The van der Waals surface area contributed by atoms with Gasteiger partial charge in [-0.25, -0.2) is 9.97 Å². The van der Waals surface area contributed by atoms with Crippen LogP contribution in [0.15, 0.2) is 29.0 Å². The van der Waals surface area contributed by atoms with Crippen LogP contribution >= 0.6 is 0 Å². The van der Waals surface area contributed by atoms with Gasteiger partial charge in [0.2, 0.25) is 5.95 Å². The quantitative estimate of drug-likeness (QED) is 0.783. The zero-order chi connectivity index (χ0) is 11.8. The largest absolute Gasteiger partial charge is 0.459 e. The molecule has 2 aromatic heterocycles. The number of anilines is 1. The summed E-state index contributed by atoms with van der Waals surface area (Å²) in [5, 5.41) is 0. The molecule has 1 aliphatic heterocycles. The van der Waals surface area contributed by atoms with Gasteiger partial charge in [0.25, 0.3) is 5.91 Å². The number of rotatable bonds is 1. The highest BCUT2D eigenvalue weighted by molar-refractivity contribution is 5.91. The third kappa shape index (κ3) is 1.63. The van der Waals surface area contributed by atoms with Crippen LogP contribution in [0.25, 0.3) is 0 Å². The number of carbonyl (C=O) groups excluding carboxylic acids is 1. The Morgan fingerprint density at radius 1 is 1.47 bits per heavy atom. The number of aromatic nitrogens is 2. The molecule has 0 fully saturated rings. The average Bonchev–Trinajstić information content (AvgIpc) is 2.96. The lowest BCUT2D eigenvalue weighted by Gasteiger charge is -2.12. The van der Waals surface area contributed by atoms with Crippen molar-refractivity contribution in [1.29, 1.82) is 0 Å². The van der Waals surface area contributed by atoms with Gasteiger partial charge in [-0.3, -0.25) is 4.79 Å². The third-order valence-electron chi connectivity index (χ3n) is 2.69. The fourth-order valence-electron chi connectivity index (χ4n) is 1.87. The molecule has 0 bridgehead atoms. The van der Waals surface area contributed by atoms with Gasteiger partial charge in [0, 0.05) is 18.3 Å². The number of hydrogen-bond acceptors (Lipinski definition) is 5. The number of furan rings is 1. The normalized spacial score (nSPS) is 13.8. The Morgan fingerprint density at radius 2 is 2.35 bits per heavy atom. The van der Waals surface area contributed by atoms with Crippen LogP contribution in [0.3, 0.4) is 0 Å². The number of hydrogen-bond donors (Lipinski definition) is 1. The second-order valence-electron chi connectivity index (χ2n) is 3.84. The molecule has 0 radical (unpaired) electrons. The van der Waals surface area contributed by atoms with E-state index < -0.39 is 0 Å². The van der Waals surface area contributed by atoms with Crippen LogP contribution < -0.4 is 5.73 Å². The monoisotopic (exact) mass is 230 g/mol. The lowest BCUT2D eigenvalue weighted by Crippen LogP contribution is -2.24. The minimum atomic E-state index is -0.147. The molecule has 0 saturated heterocycles. The first-order valence-corrected chi connectivity index (χ1v) is 5.17. The molecule has 0 aliphatic carbocycles. The highest BCUT2D eigenvalue weighted by Crippen LogP contribution is 2.22. The molecule has 3 heterocycles. The van der Waals surface area contributed by atoms with Crippen LogP contribution in [-0.2, 0) is 13.1 Å². The summed E-state index contributed by atoms with van der Waals surface area (Å²) in [6, 6.07) is 3.33. The summed E-state index contributed by atoms with van der Waals surface area (Å²) >= 11 is 0. The first kappa shape index (κ1) is 9.83. The molecule has 2 N–H and O–H groups in total. The van der Waals surface area contributed by atoms with Gasteiger partial charge >= 0.3 is 0 Å². The van der Waals surface area contributed by atoms with Crippen LogP contribution in [0.1, 0.15) is 21.8 Å². The van der Waals surface area contributed by atoms with E-state index in [2.05, 4.69) is 9.97 Å². The van der Waals surface area contributed by atoms with Gasteiger partial charge < -0.3 is 15.1 Å². The fourth-order valence-corrected chi connectivity index (χ4v) is 1.87. The lowest BCUT2D eigenvalue weighted by atomic mass is 10.3. The smallest absolute Gasteiger partial charge is 0.290 e. The van der Waals surface area contributed by atoms with Gasteiger partial charge in [-0.15, -0.1) is 0 Å². The zero-order valence-corrected chi connectivity index (χ0v) is 8.96. The second kappa shape index (κ2) is 3.58. The van der Waals surface area contributed by atoms with E-state index in [0.29, 0.717) is 18.8 Å². The standard InChI is InChI=1S/C11H10N4O2/c12-11-13-4-7-5-15(6-8(7)14-11)10(16)9-2-1-3-17-9/h1-4H,5-6H2,(H2,12,13,14). The molecule has 86 valence electrons. The minimum Gasteiger partial charge on any atom is -0.459 e. The number of nitrogens with two attached hydrogens (primary N) is 1. The van der Waals surface area contributed by atoms with Crippen LogP contribution in [0.2, 0.25) is 0 Å². The third-order valence-corrected chi connectivity index (χ3v) is 2.69. The summed E-state index contributed by atoms with van der Waals surface area (Å²) in [6.07, 6.45) is 3.14. The Morgan fingerprint density at radius 3 is 3.12 bits per heavy atom. The fraction of sp³-hybridized carbons (Fsp3) is 0.182. The van der Waals surface area contributed by atoms with Crippen molar-refractivity contribution in [2.75, 3.05) is 5.73 Å². The molecule has 0 aromatic carbocycles. The first-order chi connectivity index (χ1) is 8.24. The van der Waals surface area contributed by atoms with Crippen molar-refractivity contribution >= 4 is 11.9 Å². The van der Waals surface area contributed by atoms with Crippen LogP contribution in [-0.4, -0.2) is 20.8 Å². The van der Waals surface area contributed by atoms with E-state index in [9.17, 15) is 4.79 Å². The topological polar surface area (TPSA) is 85.2 Å². The molecule has 1 amide bonds. The van der Waals surface area contributed by atoms with Crippen LogP contribution in [0.4, 0.5) is 5.95 Å². The minimum absolute atomic E-state index is 0.147. The van der Waals surface area contributed by atoms with E-state index in [4.69, 9.17) is 10.2 Å². The molecule has 0 spiro atoms. The SMILES string of the molecule is Nc1ncc2c(n1)CN(C(=O)c1ccco1)C2. The second-order valence-corrected chi connectivity index (χ2v) is 3.84. The predicted molar refractivity (Wildman–Crippen MR) is 58.7 cm³/mol. The summed E-state index contributed by atoms with van der Waals surface area (Å²) in [5.41, 5.74) is 7.24. The molecule has 2 aromatic rings. The maximum Gasteiger partial charge on any atom is 0.290 e. The van der Waals surface area contributed by atoms with Gasteiger partial charge in [0.05, 0.1) is 18.5 Å². The van der Waals surface area contributed by atoms with Crippen molar-refractivity contribution < 1.29 is 9.21 Å². The molecular formula is C11H10N4O2. The van der Waals surface area contributed by atoms with E-state index in [1.54, 1.807) is 23.2 Å². The van der Waals surface area contributed by atoms with E-state index in [-0.39, 0.29) is 11.9 Å². The van der Waals surface area contributed by atoms with Crippen molar-refractivity contribution in [2.24, 2.45) is 0 Å². The predicted octanol–water partition coefficient (Wildman–Crippen LogP) is 0.808. The number of fused-ring (bicyclic) bond motifs is 1. The van der Waals surface area contributed by atoms with Crippen molar-refractivity contribution in [3.05, 3.63) is 41.6 Å². The van der Waals surface area contributed by atoms with E-state index in [1.165, 1.54) is 6.26 Å². The van der Waals surface area contributed by atoms with Gasteiger partial charge in [-0.2, -0.15) is 0 Å². The number of nitrogens with zero attached hydrogens (tertiary/aromatic N) is 3. The highest BCUT2D eigenvalue weighted by atomic mass is 16.3. The lowest BCUT2D eigenvalue weighted by molar-refractivity contribution is 0.0718. The Kier molecular flexibility index (Phi) is 2.07. The van der Waals surface area contributed by atoms with Gasteiger partial charge in [0.15, 0.2) is 5.76 Å². The first-order valence-electron chi connectivity index (χ1n) is 5.17. The van der Waals surface area contributed by atoms with E-state index >= 15 is 0 Å². The molecule has 1 aliphatic rings. The Labute approximate surface area is 97.1 Å². The van der Waals surface area contributed by atoms with Gasteiger partial charge in [0.1, 0.15) is 0 Å². The van der Waals surface area contributed by atoms with E-state index in [1.807, 2.05) is 0 Å². The van der Waals surface area contributed by atoms with Crippen LogP contribution in [0.5, 0.6) is 0 Å². The molecule has 0 unspecified atom stereocenters. The van der Waals surface area contributed by atoms with Crippen molar-refractivity contribution in [1.82, 2.24) is 14.9 Å². The Bertz CT molecular complexity index is 565. The average molecular weight is 230 g/mol. The zero-order valence-electron chi connectivity index (χ0n) is 8.96. The Balaban J connectivity index is 1.85. The number of nitrogen functional groups attached to an aromatic ring is 1. The molecule has 17 heavy (non-hydrogen) atoms. The van der Waals surface area contributed by atoms with Crippen molar-refractivity contribution in [3.63, 3.8) is 0 Å². The summed E-state index contributed by atoms with van der Waals surface area (Å²) in [5.74, 6) is 0.418. The van der Waals surface area contributed by atoms with E-state index in [0.717, 1.165) is 11.3 Å².